The lowest BCUT2D eigenvalue weighted by Crippen LogP contribution is -2.30. The van der Waals surface area contributed by atoms with Gasteiger partial charge in [0.2, 0.25) is 15.9 Å². The number of anilines is 1. The molecular formula is C21H25ClN4O3S. The first-order valence-corrected chi connectivity index (χ1v) is 11.6. The molecule has 9 heteroatoms. The summed E-state index contributed by atoms with van der Waals surface area (Å²) in [6.07, 6.45) is 0.688. The van der Waals surface area contributed by atoms with Crippen LogP contribution < -0.4 is 5.32 Å². The summed E-state index contributed by atoms with van der Waals surface area (Å²) in [7, 11) is -1.69. The molecule has 0 aliphatic rings. The molecule has 0 fully saturated rings. The number of carbonyl (C=O) groups is 1. The van der Waals surface area contributed by atoms with Crippen LogP contribution in [0.3, 0.4) is 0 Å². The van der Waals surface area contributed by atoms with Crippen LogP contribution >= 0.6 is 11.6 Å². The van der Waals surface area contributed by atoms with Crippen molar-refractivity contribution in [1.82, 2.24) is 13.9 Å². The number of nitrogens with one attached hydrogen (secondary N) is 1. The van der Waals surface area contributed by atoms with Gasteiger partial charge < -0.3 is 9.88 Å². The zero-order chi connectivity index (χ0) is 21.9. The van der Waals surface area contributed by atoms with E-state index in [9.17, 15) is 13.2 Å². The molecule has 30 heavy (non-hydrogen) atoms. The minimum atomic E-state index is -3.55. The van der Waals surface area contributed by atoms with Crippen LogP contribution in [0.2, 0.25) is 5.02 Å². The molecule has 0 aliphatic heterocycles. The maximum Gasteiger partial charge on any atom is 0.243 e. The lowest BCUT2D eigenvalue weighted by Gasteiger charge is -2.18. The number of benzene rings is 2. The fraction of sp³-hybridized carbons (Fsp3) is 0.333. The third-order valence-electron chi connectivity index (χ3n) is 4.99. The maximum atomic E-state index is 12.8. The molecule has 2 aromatic carbocycles. The second-order valence-electron chi connectivity index (χ2n) is 6.88. The van der Waals surface area contributed by atoms with Gasteiger partial charge >= 0.3 is 0 Å². The Morgan fingerprint density at radius 2 is 1.80 bits per heavy atom. The van der Waals surface area contributed by atoms with Gasteiger partial charge in [0, 0.05) is 43.7 Å². The van der Waals surface area contributed by atoms with E-state index < -0.39 is 10.0 Å². The summed E-state index contributed by atoms with van der Waals surface area (Å²) in [5, 5.41) is 3.43. The second kappa shape index (κ2) is 9.16. The maximum absolute atomic E-state index is 12.8. The van der Waals surface area contributed by atoms with E-state index >= 15 is 0 Å². The first-order chi connectivity index (χ1) is 14.3. The Labute approximate surface area is 181 Å². The summed E-state index contributed by atoms with van der Waals surface area (Å²) in [4.78, 5) is 17.1. The molecule has 0 saturated carbocycles. The molecular weight excluding hydrogens is 424 g/mol. The van der Waals surface area contributed by atoms with Gasteiger partial charge in [-0.3, -0.25) is 4.79 Å². The summed E-state index contributed by atoms with van der Waals surface area (Å²) in [6, 6.07) is 11.9. The van der Waals surface area contributed by atoms with Crippen LogP contribution in [0.25, 0.3) is 11.0 Å². The van der Waals surface area contributed by atoms with Gasteiger partial charge in [-0.15, -0.1) is 0 Å². The highest BCUT2D eigenvalue weighted by molar-refractivity contribution is 7.89. The number of hydrogen-bond donors (Lipinski definition) is 1. The number of halogens is 1. The Bertz CT molecular complexity index is 1150. The molecule has 160 valence electrons. The van der Waals surface area contributed by atoms with Gasteiger partial charge in [0.1, 0.15) is 5.82 Å². The van der Waals surface area contributed by atoms with Crippen molar-refractivity contribution in [3.8, 4) is 0 Å². The van der Waals surface area contributed by atoms with Crippen molar-refractivity contribution >= 4 is 44.3 Å². The van der Waals surface area contributed by atoms with E-state index in [1.165, 1.54) is 4.31 Å². The molecule has 0 bridgehead atoms. The summed E-state index contributed by atoms with van der Waals surface area (Å²) in [5.41, 5.74) is 2.10. The number of nitrogens with zero attached hydrogens (tertiary/aromatic N) is 3. The Hall–Kier alpha value is -2.42. The average Bonchev–Trinajstić information content (AvgIpc) is 3.04. The predicted octanol–water partition coefficient (Wildman–Crippen LogP) is 3.83. The molecule has 0 atom stereocenters. The van der Waals surface area contributed by atoms with Crippen molar-refractivity contribution < 1.29 is 13.2 Å². The van der Waals surface area contributed by atoms with Gasteiger partial charge in [0.05, 0.1) is 15.9 Å². The molecule has 0 spiro atoms. The lowest BCUT2D eigenvalue weighted by atomic mass is 10.2. The summed E-state index contributed by atoms with van der Waals surface area (Å²) >= 11 is 5.85. The van der Waals surface area contributed by atoms with Crippen LogP contribution in [-0.2, 0) is 28.3 Å². The quantitative estimate of drug-likeness (QED) is 0.567. The highest BCUT2D eigenvalue weighted by Crippen LogP contribution is 2.23. The van der Waals surface area contributed by atoms with Crippen molar-refractivity contribution in [2.75, 3.05) is 18.4 Å². The zero-order valence-corrected chi connectivity index (χ0v) is 18.8. The third-order valence-corrected chi connectivity index (χ3v) is 7.29. The number of aromatic nitrogens is 2. The zero-order valence-electron chi connectivity index (χ0n) is 17.2. The van der Waals surface area contributed by atoms with Gasteiger partial charge in [-0.1, -0.05) is 25.4 Å². The van der Waals surface area contributed by atoms with E-state index in [2.05, 4.69) is 10.3 Å². The van der Waals surface area contributed by atoms with Gasteiger partial charge in [-0.25, -0.2) is 13.4 Å². The Kier molecular flexibility index (Phi) is 6.80. The van der Waals surface area contributed by atoms with E-state index in [1.807, 2.05) is 25.5 Å². The van der Waals surface area contributed by atoms with Crippen LogP contribution in [0, 0.1) is 0 Å². The van der Waals surface area contributed by atoms with E-state index in [-0.39, 0.29) is 17.2 Å². The number of amides is 1. The molecule has 0 aliphatic carbocycles. The first kappa shape index (κ1) is 22.3. The minimum absolute atomic E-state index is 0.130. The Morgan fingerprint density at radius 3 is 2.43 bits per heavy atom. The fourth-order valence-electron chi connectivity index (χ4n) is 3.31. The molecule has 0 saturated heterocycles. The molecule has 1 amide bonds. The van der Waals surface area contributed by atoms with Crippen molar-refractivity contribution in [2.45, 2.75) is 31.6 Å². The number of rotatable bonds is 8. The van der Waals surface area contributed by atoms with Gasteiger partial charge in [-0.05, 0) is 42.5 Å². The molecule has 0 radical (unpaired) electrons. The number of hydrogen-bond acceptors (Lipinski definition) is 4. The van der Waals surface area contributed by atoms with Crippen LogP contribution in [0.4, 0.5) is 5.69 Å². The SMILES string of the molecule is CCN(CC)S(=O)(=O)c1ccc2c(c1)nc(CCC(=O)Nc1ccc(Cl)cc1)n2C. The second-order valence-corrected chi connectivity index (χ2v) is 9.26. The average molecular weight is 449 g/mol. The Balaban J connectivity index is 1.76. The van der Waals surface area contributed by atoms with Crippen molar-refractivity contribution in [3.05, 3.63) is 53.3 Å². The van der Waals surface area contributed by atoms with E-state index in [4.69, 9.17) is 11.6 Å². The molecule has 0 unspecified atom stereocenters. The molecule has 3 rings (SSSR count). The third kappa shape index (κ3) is 4.66. The van der Waals surface area contributed by atoms with E-state index in [0.717, 1.165) is 5.52 Å². The van der Waals surface area contributed by atoms with Crippen LogP contribution in [0.15, 0.2) is 47.4 Å². The molecule has 1 N–H and O–H groups in total. The number of carbonyl (C=O) groups excluding carboxylic acids is 1. The van der Waals surface area contributed by atoms with Gasteiger partial charge in [-0.2, -0.15) is 4.31 Å². The summed E-state index contributed by atoms with van der Waals surface area (Å²) in [5.74, 6) is 0.586. The van der Waals surface area contributed by atoms with Crippen LogP contribution in [0.5, 0.6) is 0 Å². The molecule has 1 heterocycles. The number of sulfonamides is 1. The Morgan fingerprint density at radius 1 is 1.13 bits per heavy atom. The summed E-state index contributed by atoms with van der Waals surface area (Å²) in [6.45, 7) is 4.45. The largest absolute Gasteiger partial charge is 0.331 e. The number of imidazole rings is 1. The standard InChI is InChI=1S/C21H25ClN4O3S/c1-4-26(5-2)30(28,29)17-10-11-19-18(14-17)24-20(25(19)3)12-13-21(27)23-16-8-6-15(22)7-9-16/h6-11,14H,4-5,12-13H2,1-3H3,(H,23,27). The van der Waals surface area contributed by atoms with E-state index in [0.29, 0.717) is 41.6 Å². The number of aryl methyl sites for hydroxylation is 2. The number of fused-ring (bicyclic) bond motifs is 1. The topological polar surface area (TPSA) is 84.3 Å². The fourth-order valence-corrected chi connectivity index (χ4v) is 4.91. The van der Waals surface area contributed by atoms with E-state index in [1.54, 1.807) is 42.5 Å². The highest BCUT2D eigenvalue weighted by atomic mass is 35.5. The summed E-state index contributed by atoms with van der Waals surface area (Å²) < 4.78 is 28.8. The molecule has 3 aromatic rings. The van der Waals surface area contributed by atoms with Gasteiger partial charge in [0.15, 0.2) is 0 Å². The van der Waals surface area contributed by atoms with Crippen LogP contribution in [0.1, 0.15) is 26.1 Å². The monoisotopic (exact) mass is 448 g/mol. The molecule has 1 aromatic heterocycles. The van der Waals surface area contributed by atoms with Crippen molar-refractivity contribution in [3.63, 3.8) is 0 Å². The van der Waals surface area contributed by atoms with Gasteiger partial charge in [0.25, 0.3) is 0 Å². The molecule has 7 nitrogen and oxygen atoms in total. The van der Waals surface area contributed by atoms with Crippen molar-refractivity contribution in [1.29, 1.82) is 0 Å². The van der Waals surface area contributed by atoms with Crippen LogP contribution in [-0.4, -0.2) is 41.3 Å². The predicted molar refractivity (Wildman–Crippen MR) is 119 cm³/mol. The minimum Gasteiger partial charge on any atom is -0.331 e. The lowest BCUT2D eigenvalue weighted by molar-refractivity contribution is -0.116. The normalized spacial score (nSPS) is 11.9. The van der Waals surface area contributed by atoms with Crippen molar-refractivity contribution in [2.24, 2.45) is 7.05 Å². The highest BCUT2D eigenvalue weighted by Gasteiger charge is 2.22. The smallest absolute Gasteiger partial charge is 0.243 e. The first-order valence-electron chi connectivity index (χ1n) is 9.77.